The maximum Gasteiger partial charge on any atom is 0.0105 e. The fourth-order valence-corrected chi connectivity index (χ4v) is 3.18. The molecule has 2 fully saturated rings. The summed E-state index contributed by atoms with van der Waals surface area (Å²) >= 11 is 0. The second-order valence-electron chi connectivity index (χ2n) is 7.06. The minimum absolute atomic E-state index is 0.450. The number of nitrogens with one attached hydrogen (secondary N) is 2. The van der Waals surface area contributed by atoms with Crippen LogP contribution in [0.3, 0.4) is 0 Å². The Balaban J connectivity index is 0.000000235. The molecule has 4 unspecified atom stereocenters. The summed E-state index contributed by atoms with van der Waals surface area (Å²) < 4.78 is 0. The summed E-state index contributed by atoms with van der Waals surface area (Å²) in [5.41, 5.74) is 5.69. The van der Waals surface area contributed by atoms with Gasteiger partial charge in [0.2, 0.25) is 0 Å². The van der Waals surface area contributed by atoms with Crippen LogP contribution in [0, 0.1) is 5.92 Å². The highest BCUT2D eigenvalue weighted by Crippen LogP contribution is 2.16. The normalized spacial score (nSPS) is 34.7. The predicted octanol–water partition coefficient (Wildman–Crippen LogP) is 1.80. The van der Waals surface area contributed by atoms with Gasteiger partial charge in [-0.15, -0.1) is 0 Å². The van der Waals surface area contributed by atoms with Gasteiger partial charge in [0, 0.05) is 18.1 Å². The number of nitrogens with two attached hydrogens (primary N) is 1. The van der Waals surface area contributed by atoms with Crippen LogP contribution >= 0.6 is 0 Å². The number of hydrogen-bond acceptors (Lipinski definition) is 4. The Hall–Kier alpha value is -0.160. The van der Waals surface area contributed by atoms with Gasteiger partial charge in [-0.2, -0.15) is 0 Å². The Kier molecular flexibility index (Phi) is 9.49. The molecule has 4 N–H and O–H groups in total. The molecule has 2 heterocycles. The molecule has 2 rings (SSSR count). The van der Waals surface area contributed by atoms with Gasteiger partial charge in [0.25, 0.3) is 0 Å². The smallest absolute Gasteiger partial charge is 0.0105 e. The van der Waals surface area contributed by atoms with Crippen LogP contribution in [0.5, 0.6) is 0 Å². The highest BCUT2D eigenvalue weighted by atomic mass is 15.1. The van der Waals surface area contributed by atoms with Gasteiger partial charge < -0.3 is 21.3 Å². The van der Waals surface area contributed by atoms with E-state index in [2.05, 4.69) is 43.4 Å². The molecular weight excluding hydrogens is 260 g/mol. The van der Waals surface area contributed by atoms with Crippen LogP contribution in [0.4, 0.5) is 0 Å². The molecule has 0 radical (unpaired) electrons. The topological polar surface area (TPSA) is 53.3 Å². The van der Waals surface area contributed by atoms with Gasteiger partial charge in [0.15, 0.2) is 0 Å². The lowest BCUT2D eigenvalue weighted by Gasteiger charge is -2.24. The van der Waals surface area contributed by atoms with Gasteiger partial charge in [-0.05, 0) is 78.2 Å². The van der Waals surface area contributed by atoms with Crippen molar-refractivity contribution in [3.05, 3.63) is 0 Å². The summed E-state index contributed by atoms with van der Waals surface area (Å²) in [5, 5.41) is 6.99. The SMILES string of the molecule is CC1CC(N)CCN1.CCCNC1CCN(C)CCC1C. The van der Waals surface area contributed by atoms with Crippen molar-refractivity contribution in [1.29, 1.82) is 0 Å². The summed E-state index contributed by atoms with van der Waals surface area (Å²) in [7, 11) is 2.23. The van der Waals surface area contributed by atoms with Crippen LogP contribution < -0.4 is 16.4 Å². The molecule has 0 aromatic rings. The van der Waals surface area contributed by atoms with E-state index < -0.39 is 0 Å². The van der Waals surface area contributed by atoms with Crippen molar-refractivity contribution in [2.45, 2.75) is 71.0 Å². The van der Waals surface area contributed by atoms with Crippen LogP contribution in [0.25, 0.3) is 0 Å². The van der Waals surface area contributed by atoms with E-state index in [-0.39, 0.29) is 0 Å². The standard InChI is InChI=1S/C11H24N2.C6H14N2/c1-4-7-12-11-6-9-13(3)8-5-10(11)2;1-5-4-6(7)2-3-8-5/h10-12H,4-9H2,1-3H3;5-6,8H,2-4,7H2,1H3. The van der Waals surface area contributed by atoms with E-state index in [0.29, 0.717) is 12.1 Å². The van der Waals surface area contributed by atoms with Crippen molar-refractivity contribution in [3.63, 3.8) is 0 Å². The maximum atomic E-state index is 5.69. The highest BCUT2D eigenvalue weighted by Gasteiger charge is 2.20. The summed E-state index contributed by atoms with van der Waals surface area (Å²) in [5.74, 6) is 0.844. The fraction of sp³-hybridized carbons (Fsp3) is 1.00. The zero-order valence-corrected chi connectivity index (χ0v) is 14.7. The molecule has 0 aromatic heterocycles. The molecule has 0 spiro atoms. The van der Waals surface area contributed by atoms with E-state index in [1.54, 1.807) is 0 Å². The first-order valence-electron chi connectivity index (χ1n) is 8.93. The predicted molar refractivity (Wildman–Crippen MR) is 92.7 cm³/mol. The van der Waals surface area contributed by atoms with Crippen molar-refractivity contribution in [2.75, 3.05) is 33.2 Å². The summed E-state index contributed by atoms with van der Waals surface area (Å²) in [6.45, 7) is 11.6. The van der Waals surface area contributed by atoms with E-state index >= 15 is 0 Å². The van der Waals surface area contributed by atoms with Crippen molar-refractivity contribution in [3.8, 4) is 0 Å². The van der Waals surface area contributed by atoms with Crippen molar-refractivity contribution < 1.29 is 0 Å². The Morgan fingerprint density at radius 3 is 2.48 bits per heavy atom. The lowest BCUT2D eigenvalue weighted by Crippen LogP contribution is -2.41. The number of piperidine rings is 1. The van der Waals surface area contributed by atoms with Crippen LogP contribution in [0.15, 0.2) is 0 Å². The summed E-state index contributed by atoms with van der Waals surface area (Å²) in [6, 6.07) is 1.84. The Morgan fingerprint density at radius 1 is 1.19 bits per heavy atom. The monoisotopic (exact) mass is 298 g/mol. The third kappa shape index (κ3) is 8.15. The van der Waals surface area contributed by atoms with Gasteiger partial charge in [0.1, 0.15) is 0 Å². The van der Waals surface area contributed by atoms with Gasteiger partial charge in [0.05, 0.1) is 0 Å². The molecule has 126 valence electrons. The zero-order chi connectivity index (χ0) is 15.7. The minimum Gasteiger partial charge on any atom is -0.328 e. The van der Waals surface area contributed by atoms with Gasteiger partial charge in [-0.1, -0.05) is 13.8 Å². The highest BCUT2D eigenvalue weighted by molar-refractivity contribution is 4.78. The first-order chi connectivity index (χ1) is 10.0. The van der Waals surface area contributed by atoms with E-state index in [1.807, 2.05) is 0 Å². The first-order valence-corrected chi connectivity index (χ1v) is 8.93. The lowest BCUT2D eigenvalue weighted by molar-refractivity contribution is 0.343. The molecular formula is C17H38N4. The number of rotatable bonds is 3. The third-order valence-electron chi connectivity index (χ3n) is 4.80. The van der Waals surface area contributed by atoms with Crippen molar-refractivity contribution in [1.82, 2.24) is 15.5 Å². The van der Waals surface area contributed by atoms with E-state index in [1.165, 1.54) is 38.9 Å². The average Bonchev–Trinajstić information content (AvgIpc) is 2.60. The van der Waals surface area contributed by atoms with Crippen LogP contribution in [-0.4, -0.2) is 56.3 Å². The number of nitrogens with zero attached hydrogens (tertiary/aromatic N) is 1. The van der Waals surface area contributed by atoms with Crippen LogP contribution in [-0.2, 0) is 0 Å². The number of likely N-dealkylation sites (tertiary alicyclic amines) is 1. The molecule has 4 nitrogen and oxygen atoms in total. The molecule has 0 aliphatic carbocycles. The average molecular weight is 299 g/mol. The largest absolute Gasteiger partial charge is 0.328 e. The third-order valence-corrected chi connectivity index (χ3v) is 4.80. The molecule has 0 bridgehead atoms. The van der Waals surface area contributed by atoms with Gasteiger partial charge in [-0.25, -0.2) is 0 Å². The Morgan fingerprint density at radius 2 is 1.90 bits per heavy atom. The lowest BCUT2D eigenvalue weighted by atomic mass is 9.97. The summed E-state index contributed by atoms with van der Waals surface area (Å²) in [6.07, 6.45) is 6.19. The molecule has 2 saturated heterocycles. The molecule has 4 atom stereocenters. The van der Waals surface area contributed by atoms with Crippen LogP contribution in [0.1, 0.15) is 52.9 Å². The van der Waals surface area contributed by atoms with Gasteiger partial charge >= 0.3 is 0 Å². The Labute approximate surface area is 132 Å². The zero-order valence-electron chi connectivity index (χ0n) is 14.7. The van der Waals surface area contributed by atoms with Crippen LogP contribution in [0.2, 0.25) is 0 Å². The van der Waals surface area contributed by atoms with E-state index in [4.69, 9.17) is 5.73 Å². The van der Waals surface area contributed by atoms with Gasteiger partial charge in [-0.3, -0.25) is 0 Å². The number of hydrogen-bond donors (Lipinski definition) is 3. The fourth-order valence-electron chi connectivity index (χ4n) is 3.18. The maximum absolute atomic E-state index is 5.69. The second-order valence-corrected chi connectivity index (χ2v) is 7.06. The van der Waals surface area contributed by atoms with E-state index in [9.17, 15) is 0 Å². The molecule has 0 amide bonds. The molecule has 0 aromatic carbocycles. The minimum atomic E-state index is 0.450. The molecule has 21 heavy (non-hydrogen) atoms. The first kappa shape index (κ1) is 18.9. The molecule has 2 aliphatic heterocycles. The molecule has 0 saturated carbocycles. The van der Waals surface area contributed by atoms with E-state index in [0.717, 1.165) is 31.3 Å². The quantitative estimate of drug-likeness (QED) is 0.744. The molecule has 4 heteroatoms. The van der Waals surface area contributed by atoms with Crippen molar-refractivity contribution >= 4 is 0 Å². The Bertz CT molecular complexity index is 251. The van der Waals surface area contributed by atoms with Crippen molar-refractivity contribution in [2.24, 2.45) is 11.7 Å². The summed E-state index contributed by atoms with van der Waals surface area (Å²) in [4.78, 5) is 2.45. The second kappa shape index (κ2) is 10.5. The molecule has 2 aliphatic rings.